The van der Waals surface area contributed by atoms with Crippen LogP contribution in [-0.2, 0) is 0 Å². The predicted octanol–water partition coefficient (Wildman–Crippen LogP) is 4.48. The van der Waals surface area contributed by atoms with Crippen LogP contribution in [0.1, 0.15) is 59.8 Å². The van der Waals surface area contributed by atoms with E-state index in [9.17, 15) is 0 Å². The van der Waals surface area contributed by atoms with Crippen LogP contribution in [0.15, 0.2) is 23.3 Å². The normalized spacial score (nSPS) is 23.9. The monoisotopic (exact) mass is 236 g/mol. The molecular weight excluding hydrogens is 208 g/mol. The molecule has 1 aliphatic carbocycles. The van der Waals surface area contributed by atoms with Gasteiger partial charge in [-0.05, 0) is 50.4 Å². The van der Waals surface area contributed by atoms with E-state index in [0.29, 0.717) is 5.41 Å². The van der Waals surface area contributed by atoms with Crippen LogP contribution in [0.4, 0.5) is 0 Å². The number of rotatable bonds is 6. The predicted molar refractivity (Wildman–Crippen MR) is 75.0 cm³/mol. The van der Waals surface area contributed by atoms with Gasteiger partial charge >= 0.3 is 0 Å². The molecule has 1 unspecified atom stereocenters. The van der Waals surface area contributed by atoms with Crippen molar-refractivity contribution in [2.45, 2.75) is 59.8 Å². The minimum absolute atomic E-state index is 0.200. The minimum Gasteiger partial charge on any atom is -0.392 e. The summed E-state index contributed by atoms with van der Waals surface area (Å²) in [6.07, 6.45) is 10.7. The van der Waals surface area contributed by atoms with E-state index >= 15 is 0 Å². The summed E-state index contributed by atoms with van der Waals surface area (Å²) in [4.78, 5) is 0. The van der Waals surface area contributed by atoms with Gasteiger partial charge in [-0.2, -0.15) is 0 Å². The molecule has 0 amide bonds. The molecular formula is C16H28O. The maximum atomic E-state index is 9.07. The van der Waals surface area contributed by atoms with E-state index in [1.807, 2.05) is 6.92 Å². The topological polar surface area (TPSA) is 20.2 Å². The molecule has 0 heterocycles. The van der Waals surface area contributed by atoms with Gasteiger partial charge in [-0.15, -0.1) is 0 Å². The Balaban J connectivity index is 2.81. The van der Waals surface area contributed by atoms with Crippen LogP contribution in [-0.4, -0.2) is 11.7 Å². The summed E-state index contributed by atoms with van der Waals surface area (Å²) in [5.41, 5.74) is 3.21. The average Bonchev–Trinajstić information content (AvgIpc) is 2.73. The Bertz CT molecular complexity index is 295. The summed E-state index contributed by atoms with van der Waals surface area (Å²) in [5.74, 6) is 0.744. The number of aliphatic hydroxyl groups is 1. The molecule has 1 nitrogen and oxygen atoms in total. The third-order valence-corrected chi connectivity index (χ3v) is 4.71. The first-order valence-corrected chi connectivity index (χ1v) is 7.10. The molecule has 1 aliphatic rings. The van der Waals surface area contributed by atoms with Crippen LogP contribution in [0.25, 0.3) is 0 Å². The lowest BCUT2D eigenvalue weighted by Gasteiger charge is -2.37. The molecule has 0 fully saturated rings. The molecule has 0 spiro atoms. The van der Waals surface area contributed by atoms with Gasteiger partial charge in [0.2, 0.25) is 0 Å². The van der Waals surface area contributed by atoms with E-state index in [1.54, 1.807) is 5.57 Å². The molecule has 0 saturated heterocycles. The number of hydrogen-bond acceptors (Lipinski definition) is 1. The van der Waals surface area contributed by atoms with Gasteiger partial charge in [-0.25, -0.2) is 0 Å². The quantitative estimate of drug-likeness (QED) is 0.674. The van der Waals surface area contributed by atoms with Crippen LogP contribution < -0.4 is 0 Å². The summed E-state index contributed by atoms with van der Waals surface area (Å²) in [7, 11) is 0. The van der Waals surface area contributed by atoms with Crippen LogP contribution in [0, 0.1) is 11.3 Å². The van der Waals surface area contributed by atoms with Gasteiger partial charge in [0.1, 0.15) is 0 Å². The maximum Gasteiger partial charge on any atom is 0.0639 e. The molecule has 0 aromatic rings. The SMILES string of the molecule is CCC1=CCC(CC=C(C)CO)C1(CC)CC. The molecule has 1 N–H and O–H groups in total. The van der Waals surface area contributed by atoms with Crippen molar-refractivity contribution in [1.82, 2.24) is 0 Å². The van der Waals surface area contributed by atoms with E-state index < -0.39 is 0 Å². The van der Waals surface area contributed by atoms with Gasteiger partial charge < -0.3 is 5.11 Å². The smallest absolute Gasteiger partial charge is 0.0639 e. The van der Waals surface area contributed by atoms with Crippen LogP contribution in [0.3, 0.4) is 0 Å². The molecule has 0 saturated carbocycles. The summed E-state index contributed by atoms with van der Waals surface area (Å²) >= 11 is 0. The zero-order valence-electron chi connectivity index (χ0n) is 11.9. The van der Waals surface area contributed by atoms with Gasteiger partial charge in [0.25, 0.3) is 0 Å². The Morgan fingerprint density at radius 2 is 2.06 bits per heavy atom. The van der Waals surface area contributed by atoms with Gasteiger partial charge in [-0.3, -0.25) is 0 Å². The van der Waals surface area contributed by atoms with Crippen molar-refractivity contribution in [2.75, 3.05) is 6.61 Å². The molecule has 0 bridgehead atoms. The number of aliphatic hydroxyl groups excluding tert-OH is 1. The van der Waals surface area contributed by atoms with E-state index in [0.717, 1.165) is 17.9 Å². The van der Waals surface area contributed by atoms with Crippen molar-refractivity contribution in [1.29, 1.82) is 0 Å². The number of hydrogen-bond donors (Lipinski definition) is 1. The maximum absolute atomic E-state index is 9.07. The van der Waals surface area contributed by atoms with Crippen LogP contribution in [0.5, 0.6) is 0 Å². The van der Waals surface area contributed by atoms with Crippen molar-refractivity contribution < 1.29 is 5.11 Å². The molecule has 98 valence electrons. The summed E-state index contributed by atoms with van der Waals surface area (Å²) in [5, 5.41) is 9.07. The van der Waals surface area contributed by atoms with E-state index in [1.165, 1.54) is 25.7 Å². The number of allylic oxidation sites excluding steroid dienone is 3. The first-order chi connectivity index (χ1) is 8.14. The lowest BCUT2D eigenvalue weighted by Crippen LogP contribution is -2.27. The standard InChI is InChI=1S/C16H28O/c1-5-14-10-11-15(9-8-13(4)12-17)16(14,6-2)7-3/h8,10,15,17H,5-7,9,11-12H2,1-4H3. The second-order valence-electron chi connectivity index (χ2n) is 5.32. The van der Waals surface area contributed by atoms with Crippen molar-refractivity contribution in [2.24, 2.45) is 11.3 Å². The summed E-state index contributed by atoms with van der Waals surface area (Å²) in [6, 6.07) is 0. The second-order valence-corrected chi connectivity index (χ2v) is 5.32. The lowest BCUT2D eigenvalue weighted by molar-refractivity contribution is 0.211. The molecule has 17 heavy (non-hydrogen) atoms. The highest BCUT2D eigenvalue weighted by Gasteiger charge is 2.40. The molecule has 0 aromatic heterocycles. The van der Waals surface area contributed by atoms with Gasteiger partial charge in [0.15, 0.2) is 0 Å². The van der Waals surface area contributed by atoms with Crippen molar-refractivity contribution in [3.63, 3.8) is 0 Å². The Kier molecular flexibility index (Phi) is 5.45. The fraction of sp³-hybridized carbons (Fsp3) is 0.750. The third-order valence-electron chi connectivity index (χ3n) is 4.71. The molecule has 0 radical (unpaired) electrons. The highest BCUT2D eigenvalue weighted by molar-refractivity contribution is 5.23. The van der Waals surface area contributed by atoms with Crippen molar-refractivity contribution in [3.05, 3.63) is 23.3 Å². The molecule has 1 heteroatoms. The Morgan fingerprint density at radius 1 is 1.41 bits per heavy atom. The molecule has 0 aromatic carbocycles. The van der Waals surface area contributed by atoms with Gasteiger partial charge in [0, 0.05) is 0 Å². The highest BCUT2D eigenvalue weighted by atomic mass is 16.3. The van der Waals surface area contributed by atoms with E-state index in [4.69, 9.17) is 5.11 Å². The largest absolute Gasteiger partial charge is 0.392 e. The zero-order valence-corrected chi connectivity index (χ0v) is 11.9. The first-order valence-electron chi connectivity index (χ1n) is 7.10. The summed E-state index contributed by atoms with van der Waals surface area (Å²) < 4.78 is 0. The van der Waals surface area contributed by atoms with Crippen LogP contribution >= 0.6 is 0 Å². The highest BCUT2D eigenvalue weighted by Crippen LogP contribution is 2.51. The Labute approximate surface area is 107 Å². The fourth-order valence-electron chi connectivity index (χ4n) is 3.48. The Morgan fingerprint density at radius 3 is 2.53 bits per heavy atom. The van der Waals surface area contributed by atoms with E-state index in [2.05, 4.69) is 32.9 Å². The fourth-order valence-corrected chi connectivity index (χ4v) is 3.48. The molecule has 0 aliphatic heterocycles. The van der Waals surface area contributed by atoms with E-state index in [-0.39, 0.29) is 6.61 Å². The zero-order chi connectivity index (χ0) is 12.9. The van der Waals surface area contributed by atoms with Crippen LogP contribution in [0.2, 0.25) is 0 Å². The van der Waals surface area contributed by atoms with Gasteiger partial charge in [0.05, 0.1) is 6.61 Å². The third kappa shape index (κ3) is 2.82. The second kappa shape index (κ2) is 6.39. The minimum atomic E-state index is 0.200. The van der Waals surface area contributed by atoms with Crippen molar-refractivity contribution >= 4 is 0 Å². The Hall–Kier alpha value is -0.560. The molecule has 1 atom stereocenters. The first kappa shape index (κ1) is 14.5. The van der Waals surface area contributed by atoms with Crippen molar-refractivity contribution in [3.8, 4) is 0 Å². The summed E-state index contributed by atoms with van der Waals surface area (Å²) in [6.45, 7) is 9.15. The van der Waals surface area contributed by atoms with Gasteiger partial charge in [-0.1, -0.05) is 44.1 Å². The molecule has 1 rings (SSSR count). The average molecular weight is 236 g/mol. The lowest BCUT2D eigenvalue weighted by atomic mass is 9.68.